The molecule has 5 atom stereocenters. The fourth-order valence-corrected chi connectivity index (χ4v) is 3.13. The van der Waals surface area contributed by atoms with Crippen LogP contribution in [0.5, 0.6) is 0 Å². The molecule has 4 nitrogen and oxygen atoms in total. The minimum atomic E-state index is -0.595. The van der Waals surface area contributed by atoms with E-state index in [1.54, 1.807) is 12.2 Å². The molecule has 1 saturated carbocycles. The molecule has 138 valence electrons. The van der Waals surface area contributed by atoms with Gasteiger partial charge in [0.25, 0.3) is 0 Å². The van der Waals surface area contributed by atoms with E-state index in [9.17, 15) is 15.0 Å². The van der Waals surface area contributed by atoms with Crippen molar-refractivity contribution in [3.05, 3.63) is 48.6 Å². The Bertz CT molecular complexity index is 532. The highest BCUT2D eigenvalue weighted by Crippen LogP contribution is 2.46. The molecule has 25 heavy (non-hydrogen) atoms. The molecule has 0 unspecified atom stereocenters. The molecule has 0 spiro atoms. The molecule has 2 N–H and O–H groups in total. The van der Waals surface area contributed by atoms with Crippen molar-refractivity contribution in [1.29, 1.82) is 0 Å². The maximum atomic E-state index is 11.5. The lowest BCUT2D eigenvalue weighted by atomic mass is 10.1. The predicted octanol–water partition coefficient (Wildman–Crippen LogP) is 3.46. The van der Waals surface area contributed by atoms with Crippen LogP contribution < -0.4 is 0 Å². The molecule has 1 aliphatic heterocycles. The van der Waals surface area contributed by atoms with E-state index in [4.69, 9.17) is 4.74 Å². The van der Waals surface area contributed by atoms with Gasteiger partial charge in [-0.15, -0.1) is 0 Å². The van der Waals surface area contributed by atoms with Crippen molar-refractivity contribution in [2.75, 3.05) is 0 Å². The van der Waals surface area contributed by atoms with Crippen LogP contribution in [-0.4, -0.2) is 34.5 Å². The third-order valence-corrected chi connectivity index (χ3v) is 4.66. The van der Waals surface area contributed by atoms with Gasteiger partial charge in [0.1, 0.15) is 6.10 Å². The van der Waals surface area contributed by atoms with Gasteiger partial charge in [0, 0.05) is 12.3 Å². The lowest BCUT2D eigenvalue weighted by molar-refractivity contribution is -0.148. The molecule has 0 amide bonds. The molecule has 0 aromatic rings. The van der Waals surface area contributed by atoms with E-state index in [1.807, 2.05) is 24.3 Å². The number of esters is 1. The van der Waals surface area contributed by atoms with Gasteiger partial charge in [0.15, 0.2) is 0 Å². The van der Waals surface area contributed by atoms with Gasteiger partial charge in [-0.25, -0.2) is 0 Å². The highest BCUT2D eigenvalue weighted by Gasteiger charge is 2.47. The third-order valence-electron chi connectivity index (χ3n) is 4.66. The summed E-state index contributed by atoms with van der Waals surface area (Å²) in [5.41, 5.74) is 0. The summed E-state index contributed by atoms with van der Waals surface area (Å²) in [5.74, 6) is 0.140. The van der Waals surface area contributed by atoms with Crippen LogP contribution in [0.3, 0.4) is 0 Å². The lowest BCUT2D eigenvalue weighted by Crippen LogP contribution is -2.21. The molecule has 0 radical (unpaired) electrons. The number of ether oxygens (including phenoxy) is 1. The Morgan fingerprint density at radius 2 is 2.00 bits per heavy atom. The quantitative estimate of drug-likeness (QED) is 0.496. The number of rotatable bonds is 9. The summed E-state index contributed by atoms with van der Waals surface area (Å²) in [5, 5.41) is 20.2. The van der Waals surface area contributed by atoms with E-state index in [0.717, 1.165) is 25.7 Å². The van der Waals surface area contributed by atoms with Gasteiger partial charge in [0.05, 0.1) is 18.6 Å². The molecule has 0 saturated heterocycles. The smallest absolute Gasteiger partial charge is 0.309 e. The summed E-state index contributed by atoms with van der Waals surface area (Å²) in [6.07, 6.45) is 18.4. The Morgan fingerprint density at radius 3 is 2.80 bits per heavy atom. The van der Waals surface area contributed by atoms with Crippen LogP contribution >= 0.6 is 0 Å². The molecule has 0 aromatic carbocycles. The first-order valence-corrected chi connectivity index (χ1v) is 9.30. The van der Waals surface area contributed by atoms with Crippen LogP contribution in [0, 0.1) is 11.8 Å². The number of hydrogen-bond donors (Lipinski definition) is 2. The van der Waals surface area contributed by atoms with Crippen LogP contribution in [-0.2, 0) is 9.53 Å². The van der Waals surface area contributed by atoms with Gasteiger partial charge in [-0.3, -0.25) is 4.79 Å². The second-order valence-corrected chi connectivity index (χ2v) is 6.77. The van der Waals surface area contributed by atoms with Crippen LogP contribution in [0.15, 0.2) is 48.6 Å². The fraction of sp³-hybridized carbons (Fsp3) is 0.571. The van der Waals surface area contributed by atoms with E-state index in [0.29, 0.717) is 12.8 Å². The van der Waals surface area contributed by atoms with Crippen molar-refractivity contribution in [3.8, 4) is 0 Å². The van der Waals surface area contributed by atoms with Crippen molar-refractivity contribution < 1.29 is 19.7 Å². The molecular formula is C21H30O4. The highest BCUT2D eigenvalue weighted by atomic mass is 16.5. The number of hydrogen-bond acceptors (Lipinski definition) is 4. The number of aliphatic hydroxyl groups is 2. The Labute approximate surface area is 150 Å². The Kier molecular flexibility index (Phi) is 8.16. The number of allylic oxidation sites excluding steroid dienone is 3. The zero-order chi connectivity index (χ0) is 18.1. The molecule has 1 fully saturated rings. The fourth-order valence-electron chi connectivity index (χ4n) is 3.13. The van der Waals surface area contributed by atoms with Crippen molar-refractivity contribution >= 4 is 5.97 Å². The summed E-state index contributed by atoms with van der Waals surface area (Å²) in [4.78, 5) is 11.5. The Balaban J connectivity index is 1.70. The van der Waals surface area contributed by atoms with E-state index >= 15 is 0 Å². The van der Waals surface area contributed by atoms with E-state index in [1.165, 1.54) is 0 Å². The SMILES string of the molecule is CC/C=C\C/C=C\C[C@H](O)/C=C/[C@H](O)[C@@H]1C[C@H]1[C@H]1CC=CCC(=O)O1. The van der Waals surface area contributed by atoms with Crippen LogP contribution in [0.1, 0.15) is 45.4 Å². The predicted molar refractivity (Wildman–Crippen MR) is 98.8 cm³/mol. The topological polar surface area (TPSA) is 66.8 Å². The third kappa shape index (κ3) is 7.00. The number of carbonyl (C=O) groups is 1. The van der Waals surface area contributed by atoms with Gasteiger partial charge in [0.2, 0.25) is 0 Å². The van der Waals surface area contributed by atoms with Gasteiger partial charge >= 0.3 is 5.97 Å². The van der Waals surface area contributed by atoms with Crippen molar-refractivity contribution in [2.24, 2.45) is 11.8 Å². The van der Waals surface area contributed by atoms with E-state index < -0.39 is 12.2 Å². The number of carbonyl (C=O) groups excluding carboxylic acids is 1. The summed E-state index contributed by atoms with van der Waals surface area (Å²) >= 11 is 0. The average Bonchev–Trinajstić information content (AvgIpc) is 3.40. The molecule has 1 aliphatic carbocycles. The summed E-state index contributed by atoms with van der Waals surface area (Å²) in [7, 11) is 0. The van der Waals surface area contributed by atoms with Crippen molar-refractivity contribution in [3.63, 3.8) is 0 Å². The summed E-state index contributed by atoms with van der Waals surface area (Å²) in [6, 6.07) is 0. The molecule has 0 bridgehead atoms. The average molecular weight is 346 g/mol. The molecular weight excluding hydrogens is 316 g/mol. The Hall–Kier alpha value is -1.65. The second kappa shape index (κ2) is 10.4. The minimum absolute atomic E-state index is 0.113. The van der Waals surface area contributed by atoms with Gasteiger partial charge in [-0.2, -0.15) is 0 Å². The molecule has 2 rings (SSSR count). The van der Waals surface area contributed by atoms with Crippen molar-refractivity contribution in [1.82, 2.24) is 0 Å². The van der Waals surface area contributed by atoms with Crippen LogP contribution in [0.4, 0.5) is 0 Å². The van der Waals surface area contributed by atoms with Gasteiger partial charge in [-0.1, -0.05) is 55.5 Å². The lowest BCUT2D eigenvalue weighted by Gasteiger charge is -2.15. The minimum Gasteiger partial charge on any atom is -0.461 e. The highest BCUT2D eigenvalue weighted by molar-refractivity contribution is 5.71. The zero-order valence-corrected chi connectivity index (χ0v) is 15.0. The molecule has 1 heterocycles. The Morgan fingerprint density at radius 1 is 1.20 bits per heavy atom. The number of cyclic esters (lactones) is 1. The van der Waals surface area contributed by atoms with E-state index in [-0.39, 0.29) is 23.9 Å². The van der Waals surface area contributed by atoms with Crippen LogP contribution in [0.25, 0.3) is 0 Å². The van der Waals surface area contributed by atoms with Crippen molar-refractivity contribution in [2.45, 2.75) is 63.8 Å². The van der Waals surface area contributed by atoms with E-state index in [2.05, 4.69) is 19.1 Å². The first-order chi connectivity index (χ1) is 12.1. The molecule has 0 aromatic heterocycles. The number of aliphatic hydroxyl groups excluding tert-OH is 2. The van der Waals surface area contributed by atoms with Crippen LogP contribution in [0.2, 0.25) is 0 Å². The monoisotopic (exact) mass is 346 g/mol. The summed E-state index contributed by atoms with van der Waals surface area (Å²) < 4.78 is 5.43. The summed E-state index contributed by atoms with van der Waals surface area (Å²) in [6.45, 7) is 2.10. The first-order valence-electron chi connectivity index (χ1n) is 9.30. The zero-order valence-electron chi connectivity index (χ0n) is 15.0. The molecule has 2 aliphatic rings. The standard InChI is InChI=1S/C21H30O4/c1-2-3-4-5-6-7-10-16(22)13-14-19(23)17-15-18(17)20-11-8-9-12-21(24)25-20/h3-4,6-9,13-14,16-20,22-23H,2,5,10-12,15H2,1H3/b4-3-,7-6-,14-13+/t16-,17+,18+,19-,20+/m0/s1. The van der Waals surface area contributed by atoms with Gasteiger partial charge in [-0.05, 0) is 31.6 Å². The normalized spacial score (nSPS) is 29.2. The first kappa shape index (κ1) is 19.7. The van der Waals surface area contributed by atoms with Gasteiger partial charge < -0.3 is 14.9 Å². The molecule has 4 heteroatoms. The second-order valence-electron chi connectivity index (χ2n) is 6.77. The maximum Gasteiger partial charge on any atom is 0.309 e. The maximum absolute atomic E-state index is 11.5. The largest absolute Gasteiger partial charge is 0.461 e.